The molecule has 0 aliphatic heterocycles. The van der Waals surface area contributed by atoms with E-state index in [-0.39, 0.29) is 11.2 Å². The highest BCUT2D eigenvalue weighted by Gasteiger charge is 2.13. The van der Waals surface area contributed by atoms with Gasteiger partial charge in [0.05, 0.1) is 11.8 Å². The van der Waals surface area contributed by atoms with E-state index >= 15 is 0 Å². The second-order valence-corrected chi connectivity index (χ2v) is 7.12. The molecule has 2 rings (SSSR count). The largest absolute Gasteiger partial charge is 0.492 e. The Bertz CT molecular complexity index is 638. The van der Waals surface area contributed by atoms with Crippen LogP contribution in [0, 0.1) is 6.92 Å². The van der Waals surface area contributed by atoms with Gasteiger partial charge in [0.15, 0.2) is 0 Å². The lowest BCUT2D eigenvalue weighted by Gasteiger charge is -2.13. The van der Waals surface area contributed by atoms with Gasteiger partial charge in [0.25, 0.3) is 0 Å². The average Bonchev–Trinajstić information content (AvgIpc) is 2.61. The molecule has 1 N–H and O–H groups in total. The maximum Gasteiger partial charge on any atom is 0.233 e. The number of carbonyl (C=O) groups excluding carboxylic acids is 1. The minimum atomic E-state index is -0.128. The first-order valence-corrected chi connectivity index (χ1v) is 9.19. The predicted octanol–water partition coefficient (Wildman–Crippen LogP) is 4.23. The third-order valence-corrected chi connectivity index (χ3v) is 4.82. The summed E-state index contributed by atoms with van der Waals surface area (Å²) in [6.07, 6.45) is 1.02. The molecule has 3 nitrogen and oxygen atoms in total. The molecule has 2 aromatic rings. The highest BCUT2D eigenvalue weighted by Crippen LogP contribution is 2.23. The first-order valence-electron chi connectivity index (χ1n) is 8.31. The molecule has 1 atom stereocenters. The van der Waals surface area contributed by atoms with Crippen molar-refractivity contribution in [2.75, 3.05) is 13.2 Å². The van der Waals surface area contributed by atoms with Gasteiger partial charge in [-0.3, -0.25) is 4.79 Å². The molecule has 1 unspecified atom stereocenters. The van der Waals surface area contributed by atoms with Crippen LogP contribution in [0.5, 0.6) is 5.75 Å². The van der Waals surface area contributed by atoms with Crippen LogP contribution in [0.25, 0.3) is 0 Å². The number of carbonyl (C=O) groups is 1. The standard InChI is InChI=1S/C20H25NO2S/c1-4-17-7-9-18(10-8-17)23-14-13-21-20(22)16(3)24-19-11-5-15(2)6-12-19/h5-12,16H,4,13-14H2,1-3H3,(H,21,22). The zero-order valence-corrected chi connectivity index (χ0v) is 15.4. The first kappa shape index (κ1) is 18.4. The number of hydrogen-bond donors (Lipinski definition) is 1. The Balaban J connectivity index is 1.69. The molecule has 0 saturated heterocycles. The number of nitrogens with one attached hydrogen (secondary N) is 1. The molecule has 0 aliphatic carbocycles. The van der Waals surface area contributed by atoms with Crippen molar-refractivity contribution < 1.29 is 9.53 Å². The summed E-state index contributed by atoms with van der Waals surface area (Å²) in [4.78, 5) is 13.2. The van der Waals surface area contributed by atoms with Crippen molar-refractivity contribution in [3.8, 4) is 5.75 Å². The number of amides is 1. The van der Waals surface area contributed by atoms with E-state index in [1.54, 1.807) is 11.8 Å². The van der Waals surface area contributed by atoms with E-state index in [2.05, 4.69) is 43.4 Å². The van der Waals surface area contributed by atoms with Gasteiger partial charge in [-0.25, -0.2) is 0 Å². The fourth-order valence-electron chi connectivity index (χ4n) is 2.18. The summed E-state index contributed by atoms with van der Waals surface area (Å²) in [6, 6.07) is 16.3. The lowest BCUT2D eigenvalue weighted by molar-refractivity contribution is -0.120. The van der Waals surface area contributed by atoms with Crippen LogP contribution >= 0.6 is 11.8 Å². The van der Waals surface area contributed by atoms with Crippen LogP contribution in [0.2, 0.25) is 0 Å². The summed E-state index contributed by atoms with van der Waals surface area (Å²) in [5.41, 5.74) is 2.51. The van der Waals surface area contributed by atoms with E-state index in [1.807, 2.05) is 31.2 Å². The Morgan fingerprint density at radius 2 is 1.79 bits per heavy atom. The number of hydrogen-bond acceptors (Lipinski definition) is 3. The third kappa shape index (κ3) is 5.93. The van der Waals surface area contributed by atoms with E-state index in [4.69, 9.17) is 4.74 Å². The molecule has 0 heterocycles. The van der Waals surface area contributed by atoms with Crippen LogP contribution in [0.1, 0.15) is 25.0 Å². The topological polar surface area (TPSA) is 38.3 Å². The minimum absolute atomic E-state index is 0.0329. The molecule has 1 amide bonds. The fourth-order valence-corrected chi connectivity index (χ4v) is 3.07. The van der Waals surface area contributed by atoms with Crippen LogP contribution in [-0.2, 0) is 11.2 Å². The van der Waals surface area contributed by atoms with Gasteiger partial charge in [-0.1, -0.05) is 36.8 Å². The second-order valence-electron chi connectivity index (χ2n) is 5.71. The Hall–Kier alpha value is -1.94. The lowest BCUT2D eigenvalue weighted by Crippen LogP contribution is -2.33. The lowest BCUT2D eigenvalue weighted by atomic mass is 10.2. The summed E-state index contributed by atoms with van der Waals surface area (Å²) in [5.74, 6) is 0.869. The maximum absolute atomic E-state index is 12.1. The normalized spacial score (nSPS) is 11.8. The molecule has 0 fully saturated rings. The molecule has 0 spiro atoms. The molecule has 2 aromatic carbocycles. The number of thioether (sulfide) groups is 1. The van der Waals surface area contributed by atoms with Gasteiger partial charge in [0.2, 0.25) is 5.91 Å². The summed E-state index contributed by atoms with van der Waals surface area (Å²) in [6.45, 7) is 7.08. The summed E-state index contributed by atoms with van der Waals surface area (Å²) >= 11 is 1.57. The molecule has 4 heteroatoms. The van der Waals surface area contributed by atoms with E-state index in [0.717, 1.165) is 17.1 Å². The monoisotopic (exact) mass is 343 g/mol. The Kier molecular flexibility index (Phi) is 7.19. The Morgan fingerprint density at radius 1 is 1.12 bits per heavy atom. The Morgan fingerprint density at radius 3 is 2.42 bits per heavy atom. The number of ether oxygens (including phenoxy) is 1. The molecular weight excluding hydrogens is 318 g/mol. The van der Waals surface area contributed by atoms with Gasteiger partial charge in [-0.05, 0) is 50.1 Å². The first-order chi connectivity index (χ1) is 11.6. The number of rotatable bonds is 8. The molecule has 128 valence electrons. The predicted molar refractivity (Wildman–Crippen MR) is 101 cm³/mol. The van der Waals surface area contributed by atoms with Crippen molar-refractivity contribution in [2.24, 2.45) is 0 Å². The summed E-state index contributed by atoms with van der Waals surface area (Å²) in [5, 5.41) is 2.79. The van der Waals surface area contributed by atoms with Crippen molar-refractivity contribution in [3.63, 3.8) is 0 Å². The van der Waals surface area contributed by atoms with E-state index in [1.165, 1.54) is 11.1 Å². The second kappa shape index (κ2) is 9.38. The minimum Gasteiger partial charge on any atom is -0.492 e. The average molecular weight is 343 g/mol. The molecule has 0 aromatic heterocycles. The zero-order chi connectivity index (χ0) is 17.4. The molecule has 24 heavy (non-hydrogen) atoms. The highest BCUT2D eigenvalue weighted by atomic mass is 32.2. The molecule has 0 bridgehead atoms. The van der Waals surface area contributed by atoms with Gasteiger partial charge in [-0.15, -0.1) is 11.8 Å². The van der Waals surface area contributed by atoms with Crippen LogP contribution in [0.15, 0.2) is 53.4 Å². The number of benzene rings is 2. The van der Waals surface area contributed by atoms with Crippen molar-refractivity contribution in [3.05, 3.63) is 59.7 Å². The molecular formula is C20H25NO2S. The van der Waals surface area contributed by atoms with Gasteiger partial charge < -0.3 is 10.1 Å². The fraction of sp³-hybridized carbons (Fsp3) is 0.350. The smallest absolute Gasteiger partial charge is 0.233 e. The maximum atomic E-state index is 12.1. The van der Waals surface area contributed by atoms with Crippen molar-refractivity contribution in [1.29, 1.82) is 0 Å². The summed E-state index contributed by atoms with van der Waals surface area (Å²) < 4.78 is 5.65. The number of aryl methyl sites for hydroxylation is 2. The highest BCUT2D eigenvalue weighted by molar-refractivity contribution is 8.00. The molecule has 0 aliphatic rings. The van der Waals surface area contributed by atoms with Gasteiger partial charge in [0, 0.05) is 4.90 Å². The third-order valence-electron chi connectivity index (χ3n) is 3.70. The summed E-state index contributed by atoms with van der Waals surface area (Å²) in [7, 11) is 0. The zero-order valence-electron chi connectivity index (χ0n) is 14.5. The van der Waals surface area contributed by atoms with Gasteiger partial charge in [-0.2, -0.15) is 0 Å². The van der Waals surface area contributed by atoms with Crippen LogP contribution in [0.4, 0.5) is 0 Å². The van der Waals surface area contributed by atoms with Crippen LogP contribution in [-0.4, -0.2) is 24.3 Å². The quantitative estimate of drug-likeness (QED) is 0.576. The van der Waals surface area contributed by atoms with Crippen LogP contribution < -0.4 is 10.1 Å². The van der Waals surface area contributed by atoms with E-state index in [9.17, 15) is 4.79 Å². The van der Waals surface area contributed by atoms with Gasteiger partial charge in [0.1, 0.15) is 12.4 Å². The Labute approximate surface area is 148 Å². The van der Waals surface area contributed by atoms with Crippen LogP contribution in [0.3, 0.4) is 0 Å². The molecule has 0 saturated carbocycles. The molecule has 0 radical (unpaired) electrons. The van der Waals surface area contributed by atoms with E-state index in [0.29, 0.717) is 13.2 Å². The van der Waals surface area contributed by atoms with Crippen molar-refractivity contribution in [2.45, 2.75) is 37.3 Å². The van der Waals surface area contributed by atoms with Crippen molar-refractivity contribution >= 4 is 17.7 Å². The van der Waals surface area contributed by atoms with Crippen molar-refractivity contribution in [1.82, 2.24) is 5.32 Å². The van der Waals surface area contributed by atoms with E-state index < -0.39 is 0 Å². The van der Waals surface area contributed by atoms with Gasteiger partial charge >= 0.3 is 0 Å². The SMILES string of the molecule is CCc1ccc(OCCNC(=O)C(C)Sc2ccc(C)cc2)cc1.